The topological polar surface area (TPSA) is 67.5 Å². The summed E-state index contributed by atoms with van der Waals surface area (Å²) in [6, 6.07) is 14.7. The third kappa shape index (κ3) is 3.28. The van der Waals surface area contributed by atoms with Gasteiger partial charge in [0.15, 0.2) is 5.82 Å². The Kier molecular flexibility index (Phi) is 5.21. The van der Waals surface area contributed by atoms with Crippen molar-refractivity contribution in [2.75, 3.05) is 5.32 Å². The summed E-state index contributed by atoms with van der Waals surface area (Å²) in [4.78, 5) is 15.4. The van der Waals surface area contributed by atoms with Gasteiger partial charge >= 0.3 is 0 Å². The van der Waals surface area contributed by atoms with Gasteiger partial charge in [0.05, 0.1) is 17.4 Å². The molecule has 1 N–H and O–H groups in total. The molecule has 4 aromatic rings. The van der Waals surface area contributed by atoms with Crippen LogP contribution < -0.4 is 10.9 Å². The van der Waals surface area contributed by atoms with Crippen LogP contribution in [-0.4, -0.2) is 30.1 Å². The van der Waals surface area contributed by atoms with Crippen LogP contribution in [0.15, 0.2) is 47.3 Å². The molecule has 32 heavy (non-hydrogen) atoms. The molecule has 0 amide bonds. The molecule has 0 saturated heterocycles. The second kappa shape index (κ2) is 8.06. The molecule has 166 valence electrons. The van der Waals surface area contributed by atoms with Gasteiger partial charge in [-0.05, 0) is 49.1 Å². The van der Waals surface area contributed by atoms with E-state index in [4.69, 9.17) is 0 Å². The zero-order valence-electron chi connectivity index (χ0n) is 19.2. The summed E-state index contributed by atoms with van der Waals surface area (Å²) < 4.78 is 3.69. The molecular formula is C25H30N6O. The van der Waals surface area contributed by atoms with E-state index in [0.717, 1.165) is 30.1 Å². The molecule has 0 bridgehead atoms. The maximum absolute atomic E-state index is 12.9. The largest absolute Gasteiger partial charge is 0.377 e. The molecule has 0 saturated carbocycles. The van der Waals surface area contributed by atoms with Gasteiger partial charge in [0, 0.05) is 31.4 Å². The first-order valence-corrected chi connectivity index (χ1v) is 11.4. The van der Waals surface area contributed by atoms with Crippen LogP contribution in [0.25, 0.3) is 16.7 Å². The van der Waals surface area contributed by atoms with Crippen LogP contribution in [0.2, 0.25) is 0 Å². The highest BCUT2D eigenvalue weighted by atomic mass is 16.1. The maximum Gasteiger partial charge on any atom is 0.262 e. The molecule has 5 rings (SSSR count). The van der Waals surface area contributed by atoms with Gasteiger partial charge in [0.2, 0.25) is 5.78 Å². The third-order valence-electron chi connectivity index (χ3n) is 6.88. The van der Waals surface area contributed by atoms with Gasteiger partial charge in [-0.25, -0.2) is 0 Å². The Bertz CT molecular complexity index is 1350. The molecule has 1 atom stereocenters. The predicted molar refractivity (Wildman–Crippen MR) is 128 cm³/mol. The summed E-state index contributed by atoms with van der Waals surface area (Å²) in [6.07, 6.45) is 0. The zero-order valence-corrected chi connectivity index (χ0v) is 19.2. The average Bonchev–Trinajstić information content (AvgIpc) is 3.42. The van der Waals surface area contributed by atoms with Crippen LogP contribution in [0.3, 0.4) is 0 Å². The predicted octanol–water partition coefficient (Wildman–Crippen LogP) is 4.04. The summed E-state index contributed by atoms with van der Waals surface area (Å²) in [5, 5.41) is 13.1. The molecule has 2 aromatic heterocycles. The van der Waals surface area contributed by atoms with Crippen molar-refractivity contribution in [1.29, 1.82) is 0 Å². The smallest absolute Gasteiger partial charge is 0.262 e. The highest BCUT2D eigenvalue weighted by Crippen LogP contribution is 2.32. The first-order valence-electron chi connectivity index (χ1n) is 11.4. The minimum Gasteiger partial charge on any atom is -0.377 e. The molecule has 7 nitrogen and oxygen atoms in total. The van der Waals surface area contributed by atoms with Gasteiger partial charge in [-0.1, -0.05) is 38.1 Å². The van der Waals surface area contributed by atoms with E-state index in [1.165, 1.54) is 11.1 Å². The number of aromatic nitrogens is 4. The summed E-state index contributed by atoms with van der Waals surface area (Å²) in [7, 11) is 0. The molecule has 0 spiro atoms. The molecule has 0 radical (unpaired) electrons. The SMILES string of the molecule is CCn1c(=O)c2ccccc2n2c(CNc3cccc4c3CN(C(C)C(C)C)C4)nnc12. The van der Waals surface area contributed by atoms with Crippen molar-refractivity contribution in [2.24, 2.45) is 5.92 Å². The van der Waals surface area contributed by atoms with E-state index in [9.17, 15) is 4.79 Å². The normalized spacial score (nSPS) is 15.0. The van der Waals surface area contributed by atoms with E-state index in [1.54, 1.807) is 4.57 Å². The number of benzene rings is 2. The molecule has 1 aliphatic heterocycles. The first-order chi connectivity index (χ1) is 15.5. The van der Waals surface area contributed by atoms with Crippen LogP contribution in [-0.2, 0) is 26.2 Å². The molecule has 3 heterocycles. The Labute approximate surface area is 187 Å². The number of hydrogen-bond donors (Lipinski definition) is 1. The first kappa shape index (κ1) is 20.7. The van der Waals surface area contributed by atoms with Crippen molar-refractivity contribution >= 4 is 22.4 Å². The molecule has 1 aliphatic rings. The number of hydrogen-bond acceptors (Lipinski definition) is 5. The number of anilines is 1. The van der Waals surface area contributed by atoms with Crippen molar-refractivity contribution in [3.63, 3.8) is 0 Å². The van der Waals surface area contributed by atoms with E-state index in [0.29, 0.717) is 36.2 Å². The van der Waals surface area contributed by atoms with Gasteiger partial charge in [-0.3, -0.25) is 18.7 Å². The molecular weight excluding hydrogens is 400 g/mol. The molecule has 0 aliphatic carbocycles. The van der Waals surface area contributed by atoms with Crippen molar-refractivity contribution in [2.45, 2.75) is 59.9 Å². The zero-order chi connectivity index (χ0) is 22.4. The highest BCUT2D eigenvalue weighted by molar-refractivity contribution is 5.80. The van der Waals surface area contributed by atoms with Crippen molar-refractivity contribution in [3.05, 3.63) is 69.8 Å². The third-order valence-corrected chi connectivity index (χ3v) is 6.88. The van der Waals surface area contributed by atoms with E-state index in [1.807, 2.05) is 35.6 Å². The fourth-order valence-electron chi connectivity index (χ4n) is 4.71. The monoisotopic (exact) mass is 430 g/mol. The highest BCUT2D eigenvalue weighted by Gasteiger charge is 2.26. The second-order valence-corrected chi connectivity index (χ2v) is 9.00. The minimum absolute atomic E-state index is 0.0252. The average molecular weight is 431 g/mol. The maximum atomic E-state index is 12.9. The summed E-state index contributed by atoms with van der Waals surface area (Å²) >= 11 is 0. The molecule has 2 aromatic carbocycles. The number of para-hydroxylation sites is 1. The lowest BCUT2D eigenvalue weighted by Gasteiger charge is -2.27. The van der Waals surface area contributed by atoms with Crippen LogP contribution in [0, 0.1) is 5.92 Å². The van der Waals surface area contributed by atoms with Crippen molar-refractivity contribution in [1.82, 2.24) is 24.1 Å². The van der Waals surface area contributed by atoms with Gasteiger partial charge in [-0.2, -0.15) is 0 Å². The Morgan fingerprint density at radius 3 is 2.62 bits per heavy atom. The summed E-state index contributed by atoms with van der Waals surface area (Å²) in [5.41, 5.74) is 4.71. The fraction of sp³-hybridized carbons (Fsp3) is 0.400. The fourth-order valence-corrected chi connectivity index (χ4v) is 4.71. The number of aryl methyl sites for hydroxylation is 1. The Morgan fingerprint density at radius 2 is 1.84 bits per heavy atom. The summed E-state index contributed by atoms with van der Waals surface area (Å²) in [5.74, 6) is 2.00. The lowest BCUT2D eigenvalue weighted by Crippen LogP contribution is -2.32. The van der Waals surface area contributed by atoms with Crippen LogP contribution in [0.5, 0.6) is 0 Å². The van der Waals surface area contributed by atoms with Gasteiger partial charge < -0.3 is 5.32 Å². The lowest BCUT2D eigenvalue weighted by atomic mass is 10.1. The molecule has 7 heteroatoms. The van der Waals surface area contributed by atoms with Crippen LogP contribution in [0.4, 0.5) is 5.69 Å². The number of fused-ring (bicyclic) bond motifs is 4. The number of nitrogens with one attached hydrogen (secondary N) is 1. The van der Waals surface area contributed by atoms with Gasteiger partial charge in [0.1, 0.15) is 0 Å². The van der Waals surface area contributed by atoms with Crippen LogP contribution in [0.1, 0.15) is 44.6 Å². The quantitative estimate of drug-likeness (QED) is 0.500. The van der Waals surface area contributed by atoms with Crippen molar-refractivity contribution < 1.29 is 0 Å². The minimum atomic E-state index is -0.0252. The second-order valence-electron chi connectivity index (χ2n) is 9.00. The Morgan fingerprint density at radius 1 is 1.03 bits per heavy atom. The Hall–Kier alpha value is -3.19. The lowest BCUT2D eigenvalue weighted by molar-refractivity contribution is 0.170. The van der Waals surface area contributed by atoms with E-state index in [-0.39, 0.29) is 5.56 Å². The standard InChI is InChI=1S/C25H30N6O/c1-5-30-24(32)19-10-6-7-12-22(19)31-23(27-28-25(30)31)13-26-21-11-8-9-18-14-29(15-20(18)21)17(4)16(2)3/h6-12,16-17,26H,5,13-15H2,1-4H3. The number of rotatable bonds is 6. The van der Waals surface area contributed by atoms with Crippen LogP contribution >= 0.6 is 0 Å². The summed E-state index contributed by atoms with van der Waals surface area (Å²) in [6.45, 7) is 11.9. The molecule has 0 fully saturated rings. The van der Waals surface area contributed by atoms with Gasteiger partial charge in [0.25, 0.3) is 5.56 Å². The van der Waals surface area contributed by atoms with E-state index >= 15 is 0 Å². The van der Waals surface area contributed by atoms with E-state index < -0.39 is 0 Å². The van der Waals surface area contributed by atoms with Crippen molar-refractivity contribution in [3.8, 4) is 0 Å². The number of nitrogens with zero attached hydrogens (tertiary/aromatic N) is 5. The van der Waals surface area contributed by atoms with E-state index in [2.05, 4.69) is 59.4 Å². The van der Waals surface area contributed by atoms with Gasteiger partial charge in [-0.15, -0.1) is 10.2 Å². The Balaban J connectivity index is 1.49. The molecule has 1 unspecified atom stereocenters.